The molecule has 0 bridgehead atoms. The third-order valence-electron chi connectivity index (χ3n) is 3.11. The zero-order chi connectivity index (χ0) is 18.8. The number of hydrogen-bond acceptors (Lipinski definition) is 5. The van der Waals surface area contributed by atoms with Crippen molar-refractivity contribution in [1.29, 1.82) is 0 Å². The Bertz CT molecular complexity index is 681. The number of carbonyl (C=O) groups is 2. The van der Waals surface area contributed by atoms with Gasteiger partial charge >= 0.3 is 12.3 Å². The summed E-state index contributed by atoms with van der Waals surface area (Å²) < 4.78 is 43.5. The van der Waals surface area contributed by atoms with E-state index in [-0.39, 0.29) is 17.7 Å². The molecule has 0 radical (unpaired) electrons. The van der Waals surface area contributed by atoms with Crippen LogP contribution < -0.4 is 0 Å². The molecule has 0 unspecified atom stereocenters. The van der Waals surface area contributed by atoms with Gasteiger partial charge in [0.05, 0.1) is 0 Å². The molecule has 0 aromatic carbocycles. The standard InChI is InChI=1S/C16H18F3N3O3/c1-15(2,3)25-14(24)22-9-12(8-21(22)10-16(17,18)19)13(23)11-4-6-20-7-5-11/h4-7,9H,8,10H2,1-3H3. The quantitative estimate of drug-likeness (QED) is 0.778. The van der Waals surface area contributed by atoms with E-state index in [0.29, 0.717) is 5.01 Å². The predicted octanol–water partition coefficient (Wildman–Crippen LogP) is 3.18. The van der Waals surface area contributed by atoms with Crippen LogP contribution in [-0.2, 0) is 4.74 Å². The molecule has 0 aliphatic carbocycles. The Morgan fingerprint density at radius 3 is 2.32 bits per heavy atom. The summed E-state index contributed by atoms with van der Waals surface area (Å²) in [6, 6.07) is 2.90. The number of hydrogen-bond donors (Lipinski definition) is 0. The summed E-state index contributed by atoms with van der Waals surface area (Å²) in [4.78, 5) is 28.4. The maximum Gasteiger partial charge on any atom is 0.429 e. The van der Waals surface area contributed by atoms with Gasteiger partial charge in [-0.15, -0.1) is 0 Å². The van der Waals surface area contributed by atoms with Crippen LogP contribution in [0.2, 0.25) is 0 Å². The van der Waals surface area contributed by atoms with Crippen LogP contribution >= 0.6 is 0 Å². The van der Waals surface area contributed by atoms with Crippen molar-refractivity contribution < 1.29 is 27.5 Å². The Kier molecular flexibility index (Phi) is 5.17. The number of hydrazine groups is 1. The highest BCUT2D eigenvalue weighted by atomic mass is 19.4. The van der Waals surface area contributed by atoms with Gasteiger partial charge in [0.2, 0.25) is 0 Å². The topological polar surface area (TPSA) is 62.7 Å². The minimum Gasteiger partial charge on any atom is -0.442 e. The Morgan fingerprint density at radius 1 is 1.20 bits per heavy atom. The molecule has 0 saturated carbocycles. The lowest BCUT2D eigenvalue weighted by Gasteiger charge is -2.30. The minimum atomic E-state index is -4.54. The summed E-state index contributed by atoms with van der Waals surface area (Å²) in [6.45, 7) is 3.07. The van der Waals surface area contributed by atoms with E-state index in [9.17, 15) is 22.8 Å². The van der Waals surface area contributed by atoms with Crippen molar-refractivity contribution in [1.82, 2.24) is 15.0 Å². The van der Waals surface area contributed by atoms with E-state index in [2.05, 4.69) is 4.98 Å². The molecular weight excluding hydrogens is 339 g/mol. The lowest BCUT2D eigenvalue weighted by atomic mass is 10.1. The van der Waals surface area contributed by atoms with Crippen LogP contribution in [0, 0.1) is 0 Å². The van der Waals surface area contributed by atoms with Crippen molar-refractivity contribution in [3.8, 4) is 0 Å². The fourth-order valence-electron chi connectivity index (χ4n) is 2.18. The first-order valence-corrected chi connectivity index (χ1v) is 7.45. The van der Waals surface area contributed by atoms with Gasteiger partial charge in [-0.05, 0) is 32.9 Å². The van der Waals surface area contributed by atoms with Gasteiger partial charge in [0, 0.05) is 36.3 Å². The number of rotatable bonds is 3. The molecule has 0 fully saturated rings. The molecule has 0 atom stereocenters. The van der Waals surface area contributed by atoms with Crippen molar-refractivity contribution >= 4 is 11.9 Å². The second-order valence-corrected chi connectivity index (χ2v) is 6.48. The molecule has 1 aliphatic heterocycles. The first kappa shape index (κ1) is 18.9. The van der Waals surface area contributed by atoms with Crippen LogP contribution in [0.4, 0.5) is 18.0 Å². The molecule has 0 N–H and O–H groups in total. The van der Waals surface area contributed by atoms with Crippen LogP contribution in [0.15, 0.2) is 36.3 Å². The Labute approximate surface area is 142 Å². The lowest BCUT2D eigenvalue weighted by Crippen LogP contribution is -2.46. The number of ketones is 1. The number of carbonyl (C=O) groups excluding carboxylic acids is 2. The molecule has 0 spiro atoms. The number of Topliss-reactive ketones (excluding diaryl/α,β-unsaturated/α-hetero) is 1. The van der Waals surface area contributed by atoms with Crippen LogP contribution in [0.5, 0.6) is 0 Å². The van der Waals surface area contributed by atoms with Crippen molar-refractivity contribution in [2.24, 2.45) is 0 Å². The summed E-state index contributed by atoms with van der Waals surface area (Å²) in [5, 5.41) is 1.43. The molecule has 2 rings (SSSR count). The average Bonchev–Trinajstić information content (AvgIpc) is 2.87. The molecule has 1 aromatic heterocycles. The van der Waals surface area contributed by atoms with Crippen molar-refractivity contribution in [3.05, 3.63) is 41.9 Å². The van der Waals surface area contributed by atoms with Crippen molar-refractivity contribution in [2.75, 3.05) is 13.1 Å². The van der Waals surface area contributed by atoms with Gasteiger partial charge in [0.25, 0.3) is 0 Å². The lowest BCUT2D eigenvalue weighted by molar-refractivity contribution is -0.165. The molecule has 0 saturated heterocycles. The minimum absolute atomic E-state index is 0.0568. The summed E-state index contributed by atoms with van der Waals surface area (Å²) in [5.74, 6) is -0.472. The van der Waals surface area contributed by atoms with Gasteiger partial charge in [0.1, 0.15) is 12.1 Å². The third-order valence-corrected chi connectivity index (χ3v) is 3.11. The fourth-order valence-corrected chi connectivity index (χ4v) is 2.18. The summed E-state index contributed by atoms with van der Waals surface area (Å²) in [7, 11) is 0. The molecule has 6 nitrogen and oxygen atoms in total. The molecule has 1 aliphatic rings. The predicted molar refractivity (Wildman–Crippen MR) is 82.4 cm³/mol. The summed E-state index contributed by atoms with van der Waals surface area (Å²) in [6.07, 6.45) is -1.62. The van der Waals surface area contributed by atoms with Crippen LogP contribution in [-0.4, -0.2) is 51.7 Å². The van der Waals surface area contributed by atoms with Gasteiger partial charge < -0.3 is 4.74 Å². The highest BCUT2D eigenvalue weighted by Gasteiger charge is 2.40. The van der Waals surface area contributed by atoms with E-state index < -0.39 is 30.2 Å². The molecule has 25 heavy (non-hydrogen) atoms. The van der Waals surface area contributed by atoms with E-state index in [0.717, 1.165) is 11.2 Å². The summed E-state index contributed by atoms with van der Waals surface area (Å²) in [5.41, 5.74) is -0.548. The van der Waals surface area contributed by atoms with Crippen molar-refractivity contribution in [3.63, 3.8) is 0 Å². The number of ether oxygens (including phenoxy) is 1. The third kappa shape index (κ3) is 5.28. The zero-order valence-electron chi connectivity index (χ0n) is 14.0. The van der Waals surface area contributed by atoms with Crippen LogP contribution in [0.3, 0.4) is 0 Å². The first-order chi connectivity index (χ1) is 11.5. The van der Waals surface area contributed by atoms with E-state index in [1.54, 1.807) is 20.8 Å². The Balaban J connectivity index is 2.26. The molecule has 1 aromatic rings. The van der Waals surface area contributed by atoms with Gasteiger partial charge in [-0.3, -0.25) is 9.78 Å². The highest BCUT2D eigenvalue weighted by Crippen LogP contribution is 2.26. The first-order valence-electron chi connectivity index (χ1n) is 7.45. The van der Waals surface area contributed by atoms with E-state index in [4.69, 9.17) is 4.74 Å². The highest BCUT2D eigenvalue weighted by molar-refractivity contribution is 6.09. The molecule has 2 heterocycles. The molecule has 136 valence electrons. The van der Waals surface area contributed by atoms with Crippen LogP contribution in [0.25, 0.3) is 0 Å². The van der Waals surface area contributed by atoms with Gasteiger partial charge in [-0.2, -0.15) is 18.2 Å². The second-order valence-electron chi connectivity index (χ2n) is 6.48. The molecular formula is C16H18F3N3O3. The average molecular weight is 357 g/mol. The summed E-state index contributed by atoms with van der Waals surface area (Å²) >= 11 is 0. The van der Waals surface area contributed by atoms with Gasteiger partial charge in [0.15, 0.2) is 5.78 Å². The Hall–Kier alpha value is -2.42. The number of pyridine rings is 1. The van der Waals surface area contributed by atoms with Crippen molar-refractivity contribution in [2.45, 2.75) is 32.5 Å². The SMILES string of the molecule is CC(C)(C)OC(=O)N1C=C(C(=O)c2ccncc2)CN1CC(F)(F)F. The number of alkyl halides is 3. The second kappa shape index (κ2) is 6.83. The zero-order valence-corrected chi connectivity index (χ0v) is 14.0. The molecule has 1 amide bonds. The largest absolute Gasteiger partial charge is 0.442 e. The number of amides is 1. The van der Waals surface area contributed by atoms with Gasteiger partial charge in [-0.1, -0.05) is 0 Å². The maximum absolute atomic E-state index is 12.8. The fraction of sp³-hybridized carbons (Fsp3) is 0.438. The van der Waals surface area contributed by atoms with Crippen LogP contribution in [0.1, 0.15) is 31.1 Å². The maximum atomic E-state index is 12.8. The monoisotopic (exact) mass is 357 g/mol. The van der Waals surface area contributed by atoms with E-state index >= 15 is 0 Å². The smallest absolute Gasteiger partial charge is 0.429 e. The number of halogens is 3. The molecule has 9 heteroatoms. The van der Waals surface area contributed by atoms with Gasteiger partial charge in [-0.25, -0.2) is 9.80 Å². The van der Waals surface area contributed by atoms with E-state index in [1.807, 2.05) is 0 Å². The Morgan fingerprint density at radius 2 is 1.80 bits per heavy atom. The van der Waals surface area contributed by atoms with E-state index in [1.165, 1.54) is 24.5 Å². The normalized spacial score (nSPS) is 15.9. The number of aromatic nitrogens is 1. The number of nitrogens with zero attached hydrogens (tertiary/aromatic N) is 3.